The predicted octanol–water partition coefficient (Wildman–Crippen LogP) is 1.80. The molecule has 0 spiro atoms. The van der Waals surface area contributed by atoms with Gasteiger partial charge in [-0.15, -0.1) is 0 Å². The highest BCUT2D eigenvalue weighted by Gasteiger charge is 2.03. The maximum absolute atomic E-state index is 10.6. The Bertz CT molecular complexity index is 134. The Balaban J connectivity index is 3.19. The van der Waals surface area contributed by atoms with Crippen LogP contribution in [0.5, 0.6) is 0 Å². The summed E-state index contributed by atoms with van der Waals surface area (Å²) >= 11 is 0. The van der Waals surface area contributed by atoms with Gasteiger partial charge in [0.1, 0.15) is 5.78 Å². The summed E-state index contributed by atoms with van der Waals surface area (Å²) in [6.45, 7) is 5.06. The van der Waals surface area contributed by atoms with Crippen LogP contribution in [-0.4, -0.2) is 32.2 Å². The smallest absolute Gasteiger partial charge is 0.129 e. The van der Waals surface area contributed by atoms with Gasteiger partial charge in [0.2, 0.25) is 0 Å². The van der Waals surface area contributed by atoms with Crippen LogP contribution < -0.4 is 0 Å². The molecule has 1 unspecified atom stereocenters. The van der Waals surface area contributed by atoms with Crippen molar-refractivity contribution >= 4 is 5.78 Å². The molecule has 0 rings (SSSR count). The largest absolute Gasteiger partial charge is 0.385 e. The number of Topliss-reactive ketones (excluding diaryl/α,β-unsaturated/α-hetero) is 1. The highest BCUT2D eigenvalue weighted by molar-refractivity contribution is 5.75. The minimum Gasteiger partial charge on any atom is -0.385 e. The minimum atomic E-state index is 0.181. The Morgan fingerprint density at radius 1 is 1.38 bits per heavy atom. The third-order valence-corrected chi connectivity index (χ3v) is 1.80. The molecule has 13 heavy (non-hydrogen) atoms. The first kappa shape index (κ1) is 12.6. The summed E-state index contributed by atoms with van der Waals surface area (Å²) in [7, 11) is 1.68. The fraction of sp³-hybridized carbons (Fsp3) is 0.900. The average molecular weight is 188 g/mol. The van der Waals surface area contributed by atoms with E-state index >= 15 is 0 Å². The number of hydrogen-bond donors (Lipinski definition) is 0. The molecule has 0 aromatic heterocycles. The van der Waals surface area contributed by atoms with Crippen LogP contribution in [-0.2, 0) is 14.3 Å². The standard InChI is InChI=1S/C10H20O3/c1-9(11)5-6-10(2)13-8-4-7-12-3/h10H,4-8H2,1-3H3. The molecule has 0 saturated carbocycles. The first-order chi connectivity index (χ1) is 6.16. The maximum Gasteiger partial charge on any atom is 0.129 e. The van der Waals surface area contributed by atoms with E-state index in [1.165, 1.54) is 0 Å². The molecule has 0 bridgehead atoms. The van der Waals surface area contributed by atoms with E-state index < -0.39 is 0 Å². The SMILES string of the molecule is COCCCOC(C)CCC(C)=O. The highest BCUT2D eigenvalue weighted by Crippen LogP contribution is 2.02. The summed E-state index contributed by atoms with van der Waals surface area (Å²) in [5.41, 5.74) is 0. The van der Waals surface area contributed by atoms with Crippen molar-refractivity contribution < 1.29 is 14.3 Å². The predicted molar refractivity (Wildman–Crippen MR) is 51.8 cm³/mol. The third kappa shape index (κ3) is 9.50. The molecule has 0 aliphatic carbocycles. The fourth-order valence-electron chi connectivity index (χ4n) is 0.978. The molecule has 78 valence electrons. The van der Waals surface area contributed by atoms with Gasteiger partial charge in [-0.2, -0.15) is 0 Å². The molecule has 0 aliphatic heterocycles. The molecule has 0 aromatic rings. The van der Waals surface area contributed by atoms with Crippen molar-refractivity contribution in [1.82, 2.24) is 0 Å². The molecule has 0 fully saturated rings. The lowest BCUT2D eigenvalue weighted by Gasteiger charge is -2.11. The van der Waals surface area contributed by atoms with E-state index in [0.717, 1.165) is 19.4 Å². The van der Waals surface area contributed by atoms with Gasteiger partial charge in [0.25, 0.3) is 0 Å². The van der Waals surface area contributed by atoms with Crippen molar-refractivity contribution in [3.8, 4) is 0 Å². The van der Waals surface area contributed by atoms with Gasteiger partial charge in [-0.25, -0.2) is 0 Å². The Morgan fingerprint density at radius 2 is 2.08 bits per heavy atom. The van der Waals surface area contributed by atoms with E-state index in [9.17, 15) is 4.79 Å². The highest BCUT2D eigenvalue weighted by atomic mass is 16.5. The van der Waals surface area contributed by atoms with E-state index in [-0.39, 0.29) is 11.9 Å². The number of hydrogen-bond acceptors (Lipinski definition) is 3. The average Bonchev–Trinajstić information content (AvgIpc) is 2.09. The number of rotatable bonds is 8. The van der Waals surface area contributed by atoms with Crippen molar-refractivity contribution in [3.63, 3.8) is 0 Å². The summed E-state index contributed by atoms with van der Waals surface area (Å²) in [5, 5.41) is 0. The number of carbonyl (C=O) groups excluding carboxylic acids is 1. The first-order valence-electron chi connectivity index (χ1n) is 4.76. The molecule has 0 aromatic carbocycles. The summed E-state index contributed by atoms with van der Waals surface area (Å²) in [5.74, 6) is 0.229. The topological polar surface area (TPSA) is 35.5 Å². The summed E-state index contributed by atoms with van der Waals surface area (Å²) < 4.78 is 10.3. The molecule has 0 aliphatic rings. The normalized spacial score (nSPS) is 12.8. The van der Waals surface area contributed by atoms with Gasteiger partial charge in [-0.3, -0.25) is 0 Å². The second-order valence-electron chi connectivity index (χ2n) is 3.27. The van der Waals surface area contributed by atoms with Crippen LogP contribution in [0.2, 0.25) is 0 Å². The van der Waals surface area contributed by atoms with Crippen LogP contribution in [0.3, 0.4) is 0 Å². The number of ketones is 1. The maximum atomic E-state index is 10.6. The van der Waals surface area contributed by atoms with Gasteiger partial charge >= 0.3 is 0 Å². The van der Waals surface area contributed by atoms with Crippen LogP contribution in [0, 0.1) is 0 Å². The Kier molecular flexibility index (Phi) is 7.94. The van der Waals surface area contributed by atoms with Crippen LogP contribution in [0.1, 0.15) is 33.1 Å². The quantitative estimate of drug-likeness (QED) is 0.545. The van der Waals surface area contributed by atoms with Crippen molar-refractivity contribution in [3.05, 3.63) is 0 Å². The Morgan fingerprint density at radius 3 is 2.62 bits per heavy atom. The third-order valence-electron chi connectivity index (χ3n) is 1.80. The van der Waals surface area contributed by atoms with Gasteiger partial charge in [-0.1, -0.05) is 0 Å². The zero-order chi connectivity index (χ0) is 10.1. The lowest BCUT2D eigenvalue weighted by molar-refractivity contribution is -0.117. The van der Waals surface area contributed by atoms with Crippen LogP contribution >= 0.6 is 0 Å². The summed E-state index contributed by atoms with van der Waals surface area (Å²) in [6.07, 6.45) is 2.54. The molecule has 3 heteroatoms. The van der Waals surface area contributed by atoms with Gasteiger partial charge in [-0.05, 0) is 26.7 Å². The fourth-order valence-corrected chi connectivity index (χ4v) is 0.978. The molecule has 3 nitrogen and oxygen atoms in total. The number of ether oxygens (including phenoxy) is 2. The van der Waals surface area contributed by atoms with Crippen LogP contribution in [0.25, 0.3) is 0 Å². The van der Waals surface area contributed by atoms with Crippen LogP contribution in [0.15, 0.2) is 0 Å². The molecule has 0 radical (unpaired) electrons. The minimum absolute atomic E-state index is 0.181. The Labute approximate surface area is 80.4 Å². The van der Waals surface area contributed by atoms with E-state index in [1.54, 1.807) is 14.0 Å². The zero-order valence-corrected chi connectivity index (χ0v) is 8.84. The van der Waals surface area contributed by atoms with Crippen molar-refractivity contribution in [1.29, 1.82) is 0 Å². The van der Waals surface area contributed by atoms with E-state index in [2.05, 4.69) is 0 Å². The summed E-state index contributed by atoms with van der Waals surface area (Å²) in [6, 6.07) is 0. The zero-order valence-electron chi connectivity index (χ0n) is 8.84. The van der Waals surface area contributed by atoms with Gasteiger partial charge < -0.3 is 14.3 Å². The lowest BCUT2D eigenvalue weighted by atomic mass is 10.2. The van der Waals surface area contributed by atoms with Crippen molar-refractivity contribution in [2.45, 2.75) is 39.2 Å². The molecule has 0 saturated heterocycles. The monoisotopic (exact) mass is 188 g/mol. The van der Waals surface area contributed by atoms with Gasteiger partial charge in [0.15, 0.2) is 0 Å². The van der Waals surface area contributed by atoms with Gasteiger partial charge in [0.05, 0.1) is 6.10 Å². The molecular weight excluding hydrogens is 168 g/mol. The molecular formula is C10H20O3. The van der Waals surface area contributed by atoms with Crippen LogP contribution in [0.4, 0.5) is 0 Å². The molecule has 0 N–H and O–H groups in total. The Hall–Kier alpha value is -0.410. The number of methoxy groups -OCH3 is 1. The van der Waals surface area contributed by atoms with Gasteiger partial charge in [0, 0.05) is 26.7 Å². The molecule has 0 amide bonds. The van der Waals surface area contributed by atoms with Crippen molar-refractivity contribution in [2.24, 2.45) is 0 Å². The summed E-state index contributed by atoms with van der Waals surface area (Å²) in [4.78, 5) is 10.6. The molecule has 0 heterocycles. The first-order valence-corrected chi connectivity index (χ1v) is 4.76. The van der Waals surface area contributed by atoms with E-state index in [1.807, 2.05) is 6.92 Å². The second kappa shape index (κ2) is 8.20. The lowest BCUT2D eigenvalue weighted by Crippen LogP contribution is -2.11. The molecule has 1 atom stereocenters. The second-order valence-corrected chi connectivity index (χ2v) is 3.27. The number of carbonyl (C=O) groups is 1. The van der Waals surface area contributed by atoms with E-state index in [0.29, 0.717) is 13.0 Å². The van der Waals surface area contributed by atoms with Crippen molar-refractivity contribution in [2.75, 3.05) is 20.3 Å². The van der Waals surface area contributed by atoms with E-state index in [4.69, 9.17) is 9.47 Å².